The summed E-state index contributed by atoms with van der Waals surface area (Å²) in [6.07, 6.45) is 0.231. The monoisotopic (exact) mass is 317 g/mol. The lowest BCUT2D eigenvalue weighted by Gasteiger charge is -2.23. The minimum Gasteiger partial charge on any atom is -0.493 e. The number of aliphatic hydroxyl groups is 1. The molecule has 0 spiro atoms. The van der Waals surface area contributed by atoms with Gasteiger partial charge in [-0.2, -0.15) is 0 Å². The molecule has 5 heteroatoms. The fraction of sp³-hybridized carbons (Fsp3) is 0.389. The van der Waals surface area contributed by atoms with Crippen molar-refractivity contribution in [3.63, 3.8) is 0 Å². The normalized spacial score (nSPS) is 13.4. The van der Waals surface area contributed by atoms with E-state index in [0.29, 0.717) is 17.9 Å². The van der Waals surface area contributed by atoms with Crippen molar-refractivity contribution in [2.75, 3.05) is 13.2 Å². The zero-order valence-electron chi connectivity index (χ0n) is 13.8. The van der Waals surface area contributed by atoms with Crippen molar-refractivity contribution in [3.05, 3.63) is 53.5 Å². The average Bonchev–Trinajstić information content (AvgIpc) is 2.86. The number of aryl methyl sites for hydroxylation is 2. The van der Waals surface area contributed by atoms with Crippen molar-refractivity contribution in [2.45, 2.75) is 32.8 Å². The van der Waals surface area contributed by atoms with E-state index in [0.717, 1.165) is 11.5 Å². The largest absolute Gasteiger partial charge is 0.493 e. The summed E-state index contributed by atoms with van der Waals surface area (Å²) >= 11 is 0. The molecule has 0 bridgehead atoms. The molecule has 0 radical (unpaired) electrons. The summed E-state index contributed by atoms with van der Waals surface area (Å²) in [6, 6.07) is 11.1. The predicted octanol–water partition coefficient (Wildman–Crippen LogP) is 2.69. The number of furan rings is 1. The number of para-hydroxylation sites is 1. The maximum absolute atomic E-state index is 11.9. The minimum absolute atomic E-state index is 0.122. The number of benzene rings is 1. The molecule has 1 aromatic carbocycles. The van der Waals surface area contributed by atoms with Crippen LogP contribution in [0.25, 0.3) is 0 Å². The van der Waals surface area contributed by atoms with Gasteiger partial charge >= 0.3 is 0 Å². The van der Waals surface area contributed by atoms with E-state index in [9.17, 15) is 9.90 Å². The summed E-state index contributed by atoms with van der Waals surface area (Å²) < 4.78 is 10.9. The van der Waals surface area contributed by atoms with Gasteiger partial charge in [0, 0.05) is 5.56 Å². The second kappa shape index (κ2) is 7.33. The molecule has 2 rings (SSSR count). The molecule has 1 aromatic heterocycles. The molecule has 1 unspecified atom stereocenters. The highest BCUT2D eigenvalue weighted by atomic mass is 16.5. The third-order valence-corrected chi connectivity index (χ3v) is 3.59. The van der Waals surface area contributed by atoms with Crippen molar-refractivity contribution >= 4 is 5.91 Å². The van der Waals surface area contributed by atoms with Crippen LogP contribution in [0.2, 0.25) is 0 Å². The third-order valence-electron chi connectivity index (χ3n) is 3.59. The van der Waals surface area contributed by atoms with Crippen molar-refractivity contribution in [3.8, 4) is 5.75 Å². The topological polar surface area (TPSA) is 71.7 Å². The smallest absolute Gasteiger partial charge is 0.223 e. The number of carbonyl (C=O) groups is 1. The fourth-order valence-corrected chi connectivity index (χ4v) is 2.40. The van der Waals surface area contributed by atoms with Crippen molar-refractivity contribution in [2.24, 2.45) is 0 Å². The Labute approximate surface area is 136 Å². The summed E-state index contributed by atoms with van der Waals surface area (Å²) in [7, 11) is 0. The quantitative estimate of drug-likeness (QED) is 0.823. The van der Waals surface area contributed by atoms with Crippen molar-refractivity contribution in [1.29, 1.82) is 0 Å². The number of rotatable bonds is 7. The fourth-order valence-electron chi connectivity index (χ4n) is 2.40. The Morgan fingerprint density at radius 2 is 2.00 bits per heavy atom. The Hall–Kier alpha value is -2.27. The second-order valence-electron chi connectivity index (χ2n) is 5.79. The summed E-state index contributed by atoms with van der Waals surface area (Å²) in [5.41, 5.74) is -0.478. The molecule has 0 aliphatic heterocycles. The van der Waals surface area contributed by atoms with Gasteiger partial charge in [0.2, 0.25) is 5.91 Å². The van der Waals surface area contributed by atoms with Gasteiger partial charge in [-0.25, -0.2) is 0 Å². The van der Waals surface area contributed by atoms with Crippen LogP contribution in [0, 0.1) is 13.8 Å². The molecule has 1 amide bonds. The van der Waals surface area contributed by atoms with E-state index >= 15 is 0 Å². The van der Waals surface area contributed by atoms with Gasteiger partial charge in [-0.3, -0.25) is 4.79 Å². The zero-order chi connectivity index (χ0) is 16.9. The van der Waals surface area contributed by atoms with Crippen LogP contribution in [0.4, 0.5) is 0 Å². The first kappa shape index (κ1) is 17.1. The van der Waals surface area contributed by atoms with Gasteiger partial charge in [-0.05, 0) is 39.0 Å². The maximum atomic E-state index is 11.9. The van der Waals surface area contributed by atoms with E-state index < -0.39 is 5.60 Å². The van der Waals surface area contributed by atoms with E-state index in [4.69, 9.17) is 9.15 Å². The molecule has 1 atom stereocenters. The lowest BCUT2D eigenvalue weighted by atomic mass is 9.96. The Morgan fingerprint density at radius 1 is 1.30 bits per heavy atom. The van der Waals surface area contributed by atoms with Gasteiger partial charge in [0.15, 0.2) is 0 Å². The molecule has 2 N–H and O–H groups in total. The Kier molecular flexibility index (Phi) is 5.45. The molecule has 5 nitrogen and oxygen atoms in total. The third kappa shape index (κ3) is 4.86. The molecule has 1 heterocycles. The molecule has 0 saturated carbocycles. The number of ether oxygens (including phenoxy) is 1. The molecular weight excluding hydrogens is 294 g/mol. The number of nitrogens with one attached hydrogen (secondary N) is 1. The van der Waals surface area contributed by atoms with Crippen LogP contribution < -0.4 is 10.1 Å². The van der Waals surface area contributed by atoms with E-state index in [1.54, 1.807) is 19.9 Å². The zero-order valence-corrected chi connectivity index (χ0v) is 13.8. The van der Waals surface area contributed by atoms with E-state index in [1.165, 1.54) is 0 Å². The number of amides is 1. The van der Waals surface area contributed by atoms with Crippen LogP contribution in [0.15, 0.2) is 40.8 Å². The van der Waals surface area contributed by atoms with Gasteiger partial charge in [0.25, 0.3) is 0 Å². The molecular formula is C18H23NO4. The summed E-state index contributed by atoms with van der Waals surface area (Å²) in [5, 5.41) is 13.3. The van der Waals surface area contributed by atoms with Crippen LogP contribution in [-0.2, 0) is 10.4 Å². The number of carbonyl (C=O) groups excluding carboxylic acids is 1. The van der Waals surface area contributed by atoms with Gasteiger partial charge in [0.1, 0.15) is 22.9 Å². The highest BCUT2D eigenvalue weighted by molar-refractivity contribution is 5.76. The number of hydrogen-bond acceptors (Lipinski definition) is 4. The highest BCUT2D eigenvalue weighted by Crippen LogP contribution is 2.26. The summed E-state index contributed by atoms with van der Waals surface area (Å²) in [4.78, 5) is 11.9. The van der Waals surface area contributed by atoms with Crippen LogP contribution in [0.5, 0.6) is 5.75 Å². The molecule has 0 aliphatic rings. The van der Waals surface area contributed by atoms with Crippen LogP contribution in [0.3, 0.4) is 0 Å². The predicted molar refractivity (Wildman–Crippen MR) is 87.3 cm³/mol. The standard InChI is InChI=1S/C18H23NO4/c1-13-11-16(14(2)23-13)18(3,21)12-19-17(20)9-10-22-15-7-5-4-6-8-15/h4-8,11,21H,9-10,12H2,1-3H3,(H,19,20). The summed E-state index contributed by atoms with van der Waals surface area (Å²) in [6.45, 7) is 5.70. The van der Waals surface area contributed by atoms with Gasteiger partial charge in [0.05, 0.1) is 19.6 Å². The van der Waals surface area contributed by atoms with E-state index in [2.05, 4.69) is 5.32 Å². The maximum Gasteiger partial charge on any atom is 0.223 e. The Balaban J connectivity index is 1.78. The van der Waals surface area contributed by atoms with Gasteiger partial charge in [-0.1, -0.05) is 18.2 Å². The number of hydrogen-bond donors (Lipinski definition) is 2. The van der Waals surface area contributed by atoms with Crippen LogP contribution in [0.1, 0.15) is 30.4 Å². The first-order valence-corrected chi connectivity index (χ1v) is 7.63. The Morgan fingerprint density at radius 3 is 2.61 bits per heavy atom. The van der Waals surface area contributed by atoms with E-state index in [-0.39, 0.29) is 18.9 Å². The van der Waals surface area contributed by atoms with Gasteiger partial charge in [-0.15, -0.1) is 0 Å². The first-order chi connectivity index (χ1) is 10.9. The lowest BCUT2D eigenvalue weighted by molar-refractivity contribution is -0.122. The van der Waals surface area contributed by atoms with Crippen molar-refractivity contribution in [1.82, 2.24) is 5.32 Å². The first-order valence-electron chi connectivity index (χ1n) is 7.63. The molecule has 0 fully saturated rings. The molecule has 124 valence electrons. The summed E-state index contributed by atoms with van der Waals surface area (Å²) in [5.74, 6) is 1.96. The lowest BCUT2D eigenvalue weighted by Crippen LogP contribution is -2.39. The molecule has 2 aromatic rings. The second-order valence-corrected chi connectivity index (χ2v) is 5.79. The highest BCUT2D eigenvalue weighted by Gasteiger charge is 2.28. The average molecular weight is 317 g/mol. The van der Waals surface area contributed by atoms with Crippen molar-refractivity contribution < 1.29 is 19.1 Å². The molecule has 0 aliphatic carbocycles. The SMILES string of the molecule is Cc1cc(C(C)(O)CNC(=O)CCOc2ccccc2)c(C)o1. The van der Waals surface area contributed by atoms with Crippen LogP contribution in [-0.4, -0.2) is 24.2 Å². The Bertz CT molecular complexity index is 646. The minimum atomic E-state index is -1.17. The van der Waals surface area contributed by atoms with Crippen LogP contribution >= 0.6 is 0 Å². The van der Waals surface area contributed by atoms with E-state index in [1.807, 2.05) is 37.3 Å². The molecule has 23 heavy (non-hydrogen) atoms. The van der Waals surface area contributed by atoms with Gasteiger partial charge < -0.3 is 19.6 Å². The molecule has 0 saturated heterocycles.